The normalized spacial score (nSPS) is 24.3. The lowest BCUT2D eigenvalue weighted by Crippen LogP contribution is -2.45. The Morgan fingerprint density at radius 2 is 1.94 bits per heavy atom. The molecule has 0 aliphatic heterocycles. The van der Waals surface area contributed by atoms with E-state index in [9.17, 15) is 14.4 Å². The molecule has 0 aromatic rings. The molecule has 0 saturated heterocycles. The summed E-state index contributed by atoms with van der Waals surface area (Å²) in [7, 11) is 1.26. The Balaban J connectivity index is 2.64. The number of aliphatic carboxylic acids is 1. The third-order valence-electron chi connectivity index (χ3n) is 3.38. The van der Waals surface area contributed by atoms with Gasteiger partial charge in [0.25, 0.3) is 0 Å². The van der Waals surface area contributed by atoms with Gasteiger partial charge in [-0.1, -0.05) is 13.3 Å². The molecule has 1 saturated carbocycles. The zero-order valence-corrected chi connectivity index (χ0v) is 10.6. The molecule has 3 atom stereocenters. The molecule has 6 heteroatoms. The number of carbonyl (C=O) groups is 3. The molecule has 1 aliphatic rings. The zero-order chi connectivity index (χ0) is 13.7. The van der Waals surface area contributed by atoms with E-state index in [2.05, 4.69) is 10.1 Å². The van der Waals surface area contributed by atoms with Crippen molar-refractivity contribution in [2.45, 2.75) is 38.6 Å². The Morgan fingerprint density at radius 1 is 1.33 bits per heavy atom. The van der Waals surface area contributed by atoms with E-state index < -0.39 is 29.8 Å². The maximum absolute atomic E-state index is 12.0. The van der Waals surface area contributed by atoms with Crippen LogP contribution in [0.25, 0.3) is 0 Å². The van der Waals surface area contributed by atoms with E-state index in [0.29, 0.717) is 19.3 Å². The molecule has 0 bridgehead atoms. The van der Waals surface area contributed by atoms with Crippen molar-refractivity contribution in [2.24, 2.45) is 11.8 Å². The van der Waals surface area contributed by atoms with Crippen LogP contribution in [0.2, 0.25) is 0 Å². The third-order valence-corrected chi connectivity index (χ3v) is 3.38. The summed E-state index contributed by atoms with van der Waals surface area (Å²) < 4.78 is 4.57. The Bertz CT molecular complexity index is 341. The van der Waals surface area contributed by atoms with Crippen molar-refractivity contribution < 1.29 is 24.2 Å². The first kappa shape index (κ1) is 14.5. The van der Waals surface area contributed by atoms with Gasteiger partial charge in [-0.05, 0) is 19.3 Å². The highest BCUT2D eigenvalue weighted by Crippen LogP contribution is 2.32. The molecule has 0 heterocycles. The van der Waals surface area contributed by atoms with E-state index in [1.54, 1.807) is 6.92 Å². The van der Waals surface area contributed by atoms with Gasteiger partial charge >= 0.3 is 11.9 Å². The summed E-state index contributed by atoms with van der Waals surface area (Å²) in [5.74, 6) is -2.99. The van der Waals surface area contributed by atoms with Crippen LogP contribution in [0.4, 0.5) is 0 Å². The summed E-state index contributed by atoms with van der Waals surface area (Å²) in [6.07, 6.45) is 2.22. The molecule has 0 spiro atoms. The maximum Gasteiger partial charge on any atom is 0.328 e. The lowest BCUT2D eigenvalue weighted by atomic mass is 9.95. The minimum atomic E-state index is -0.946. The predicted molar refractivity (Wildman–Crippen MR) is 62.7 cm³/mol. The fraction of sp³-hybridized carbons (Fsp3) is 0.750. The van der Waals surface area contributed by atoms with E-state index in [4.69, 9.17) is 5.11 Å². The average Bonchev–Trinajstić information content (AvgIpc) is 2.84. The van der Waals surface area contributed by atoms with Crippen molar-refractivity contribution in [2.75, 3.05) is 7.11 Å². The lowest BCUT2D eigenvalue weighted by Gasteiger charge is -2.19. The molecule has 2 N–H and O–H groups in total. The van der Waals surface area contributed by atoms with Crippen molar-refractivity contribution in [3.05, 3.63) is 0 Å². The Hall–Kier alpha value is -1.59. The van der Waals surface area contributed by atoms with E-state index in [1.165, 1.54) is 7.11 Å². The van der Waals surface area contributed by atoms with E-state index >= 15 is 0 Å². The minimum absolute atomic E-state index is 0.364. The quantitative estimate of drug-likeness (QED) is 0.702. The molecule has 1 fully saturated rings. The number of carboxylic acid groups (broad SMARTS) is 1. The molecule has 102 valence electrons. The number of carbonyl (C=O) groups excluding carboxylic acids is 2. The van der Waals surface area contributed by atoms with E-state index in [1.807, 2.05) is 0 Å². The number of nitrogens with one attached hydrogen (secondary N) is 1. The van der Waals surface area contributed by atoms with Crippen molar-refractivity contribution >= 4 is 17.8 Å². The lowest BCUT2D eigenvalue weighted by molar-refractivity contribution is -0.148. The summed E-state index contributed by atoms with van der Waals surface area (Å²) in [6, 6.07) is -0.697. The fourth-order valence-corrected chi connectivity index (χ4v) is 2.32. The predicted octanol–water partition coefficient (Wildman–Crippen LogP) is 0.555. The first-order valence-electron chi connectivity index (χ1n) is 6.12. The Morgan fingerprint density at radius 3 is 2.44 bits per heavy atom. The average molecular weight is 257 g/mol. The van der Waals surface area contributed by atoms with E-state index in [0.717, 1.165) is 6.42 Å². The summed E-state index contributed by atoms with van der Waals surface area (Å²) in [4.78, 5) is 34.3. The Kier molecular flexibility index (Phi) is 5.12. The standard InChI is InChI=1S/C12H19NO5/c1-3-9(12(17)18-2)13-10(14)7-5-4-6-8(7)11(15)16/h7-9H,3-6H2,1-2H3,(H,13,14)(H,15,16). The second kappa shape index (κ2) is 6.37. The molecular weight excluding hydrogens is 238 g/mol. The first-order valence-corrected chi connectivity index (χ1v) is 6.12. The van der Waals surface area contributed by atoms with Gasteiger partial charge in [-0.25, -0.2) is 4.79 Å². The van der Waals surface area contributed by atoms with Crippen LogP contribution in [-0.4, -0.2) is 36.1 Å². The van der Waals surface area contributed by atoms with Gasteiger partial charge in [0.15, 0.2) is 0 Å². The van der Waals surface area contributed by atoms with Gasteiger partial charge in [0.1, 0.15) is 6.04 Å². The van der Waals surface area contributed by atoms with Crippen LogP contribution in [0.5, 0.6) is 0 Å². The van der Waals surface area contributed by atoms with Crippen LogP contribution < -0.4 is 5.32 Å². The van der Waals surface area contributed by atoms with Crippen LogP contribution in [0, 0.1) is 11.8 Å². The minimum Gasteiger partial charge on any atom is -0.481 e. The summed E-state index contributed by atoms with van der Waals surface area (Å²) >= 11 is 0. The molecule has 1 aliphatic carbocycles. The van der Waals surface area contributed by atoms with Gasteiger partial charge in [-0.15, -0.1) is 0 Å². The molecule has 0 aromatic carbocycles. The topological polar surface area (TPSA) is 92.7 Å². The van der Waals surface area contributed by atoms with Crippen molar-refractivity contribution in [1.82, 2.24) is 5.32 Å². The van der Waals surface area contributed by atoms with Crippen LogP contribution in [0.1, 0.15) is 32.6 Å². The molecule has 1 rings (SSSR count). The zero-order valence-electron chi connectivity index (χ0n) is 10.6. The van der Waals surface area contributed by atoms with Gasteiger partial charge in [0, 0.05) is 0 Å². The van der Waals surface area contributed by atoms with Crippen LogP contribution in [0.15, 0.2) is 0 Å². The van der Waals surface area contributed by atoms with Gasteiger partial charge in [-0.2, -0.15) is 0 Å². The van der Waals surface area contributed by atoms with Crippen molar-refractivity contribution in [1.29, 1.82) is 0 Å². The summed E-state index contributed by atoms with van der Waals surface area (Å²) in [5, 5.41) is 11.6. The second-order valence-corrected chi connectivity index (χ2v) is 4.47. The van der Waals surface area contributed by atoms with Gasteiger partial charge in [0.05, 0.1) is 18.9 Å². The van der Waals surface area contributed by atoms with Gasteiger partial charge in [0.2, 0.25) is 5.91 Å². The molecule has 3 unspecified atom stereocenters. The largest absolute Gasteiger partial charge is 0.481 e. The Labute approximate surface area is 106 Å². The number of carboxylic acids is 1. The molecule has 18 heavy (non-hydrogen) atoms. The molecule has 6 nitrogen and oxygen atoms in total. The number of hydrogen-bond donors (Lipinski definition) is 2. The number of amides is 1. The van der Waals surface area contributed by atoms with E-state index in [-0.39, 0.29) is 5.91 Å². The third kappa shape index (κ3) is 3.21. The highest BCUT2D eigenvalue weighted by Gasteiger charge is 2.38. The smallest absolute Gasteiger partial charge is 0.328 e. The summed E-state index contributed by atoms with van der Waals surface area (Å²) in [6.45, 7) is 1.76. The number of hydrogen-bond acceptors (Lipinski definition) is 4. The maximum atomic E-state index is 12.0. The fourth-order valence-electron chi connectivity index (χ4n) is 2.32. The number of esters is 1. The highest BCUT2D eigenvalue weighted by atomic mass is 16.5. The van der Waals surface area contributed by atoms with Crippen molar-refractivity contribution in [3.63, 3.8) is 0 Å². The van der Waals surface area contributed by atoms with Crippen LogP contribution in [0.3, 0.4) is 0 Å². The van der Waals surface area contributed by atoms with Crippen molar-refractivity contribution in [3.8, 4) is 0 Å². The number of rotatable bonds is 5. The second-order valence-electron chi connectivity index (χ2n) is 4.47. The highest BCUT2D eigenvalue weighted by molar-refractivity contribution is 5.88. The monoisotopic (exact) mass is 257 g/mol. The van der Waals surface area contributed by atoms with Crippen LogP contribution >= 0.6 is 0 Å². The molecule has 1 amide bonds. The molecular formula is C12H19NO5. The summed E-state index contributed by atoms with van der Waals surface area (Å²) in [5.41, 5.74) is 0. The number of ether oxygens (including phenoxy) is 1. The molecule has 0 radical (unpaired) electrons. The SMILES string of the molecule is CCC(NC(=O)C1CCCC1C(=O)O)C(=O)OC. The number of methoxy groups -OCH3 is 1. The van der Waals surface area contributed by atoms with Crippen LogP contribution in [-0.2, 0) is 19.1 Å². The van der Waals surface area contributed by atoms with Gasteiger partial charge < -0.3 is 15.2 Å². The first-order chi connectivity index (χ1) is 8.51. The van der Waals surface area contributed by atoms with Gasteiger partial charge in [-0.3, -0.25) is 9.59 Å². The molecule has 0 aromatic heterocycles.